The smallest absolute Gasteiger partial charge is 0.157 e. The van der Waals surface area contributed by atoms with Crippen LogP contribution in [0.1, 0.15) is 20.3 Å². The lowest BCUT2D eigenvalue weighted by Crippen LogP contribution is -2.22. The van der Waals surface area contributed by atoms with Gasteiger partial charge in [-0.1, -0.05) is 6.58 Å². The summed E-state index contributed by atoms with van der Waals surface area (Å²) in [4.78, 5) is 10.5. The van der Waals surface area contributed by atoms with E-state index in [1.54, 1.807) is 13.8 Å². The first kappa shape index (κ1) is 8.37. The Kier molecular flexibility index (Phi) is 2.59. The first-order valence-electron chi connectivity index (χ1n) is 2.83. The van der Waals surface area contributed by atoms with Gasteiger partial charge in [0.1, 0.15) is 0 Å². The van der Waals surface area contributed by atoms with Crippen molar-refractivity contribution in [2.24, 2.45) is 0 Å². The van der Waals surface area contributed by atoms with Crippen LogP contribution in [0.25, 0.3) is 0 Å². The SMILES string of the molecule is C=CC(=O)CC(C)(C)O. The lowest BCUT2D eigenvalue weighted by atomic mass is 10.0. The monoisotopic (exact) mass is 128 g/mol. The van der Waals surface area contributed by atoms with Crippen LogP contribution in [0.4, 0.5) is 0 Å². The molecule has 9 heavy (non-hydrogen) atoms. The van der Waals surface area contributed by atoms with Crippen LogP contribution in [-0.4, -0.2) is 16.5 Å². The van der Waals surface area contributed by atoms with Crippen LogP contribution < -0.4 is 0 Å². The minimum absolute atomic E-state index is 0.123. The van der Waals surface area contributed by atoms with E-state index < -0.39 is 5.60 Å². The Labute approximate surface area is 55.2 Å². The Morgan fingerprint density at radius 1 is 1.78 bits per heavy atom. The van der Waals surface area contributed by atoms with E-state index in [1.165, 1.54) is 6.08 Å². The number of carbonyl (C=O) groups excluding carboxylic acids is 1. The van der Waals surface area contributed by atoms with Gasteiger partial charge in [-0.25, -0.2) is 0 Å². The largest absolute Gasteiger partial charge is 0.390 e. The average Bonchev–Trinajstić information content (AvgIpc) is 1.62. The van der Waals surface area contributed by atoms with Gasteiger partial charge in [-0.3, -0.25) is 4.79 Å². The zero-order valence-corrected chi connectivity index (χ0v) is 5.85. The summed E-state index contributed by atoms with van der Waals surface area (Å²) in [5.74, 6) is -0.123. The predicted octanol–water partition coefficient (Wildman–Crippen LogP) is 0.902. The summed E-state index contributed by atoms with van der Waals surface area (Å²) in [5.41, 5.74) is -0.898. The summed E-state index contributed by atoms with van der Waals surface area (Å²) < 4.78 is 0. The van der Waals surface area contributed by atoms with Crippen molar-refractivity contribution >= 4 is 5.78 Å². The molecule has 0 spiro atoms. The van der Waals surface area contributed by atoms with Crippen molar-refractivity contribution in [3.05, 3.63) is 12.7 Å². The van der Waals surface area contributed by atoms with Gasteiger partial charge in [-0.05, 0) is 19.9 Å². The standard InChI is InChI=1S/C7H12O2/c1-4-6(8)5-7(2,3)9/h4,9H,1,5H2,2-3H3. The van der Waals surface area contributed by atoms with Gasteiger partial charge in [-0.15, -0.1) is 0 Å². The maximum atomic E-state index is 10.5. The summed E-state index contributed by atoms with van der Waals surface area (Å²) >= 11 is 0. The van der Waals surface area contributed by atoms with Crippen molar-refractivity contribution in [1.82, 2.24) is 0 Å². The summed E-state index contributed by atoms with van der Waals surface area (Å²) in [7, 11) is 0. The highest BCUT2D eigenvalue weighted by Gasteiger charge is 2.15. The Morgan fingerprint density at radius 3 is 2.33 bits per heavy atom. The number of hydrogen-bond donors (Lipinski definition) is 1. The first-order valence-corrected chi connectivity index (χ1v) is 2.83. The van der Waals surface area contributed by atoms with E-state index in [1.807, 2.05) is 0 Å². The molecule has 0 amide bonds. The fraction of sp³-hybridized carbons (Fsp3) is 0.571. The molecule has 52 valence electrons. The van der Waals surface area contributed by atoms with Gasteiger partial charge in [0, 0.05) is 6.42 Å². The number of allylic oxidation sites excluding steroid dienone is 1. The summed E-state index contributed by atoms with van der Waals surface area (Å²) in [6, 6.07) is 0. The van der Waals surface area contributed by atoms with E-state index >= 15 is 0 Å². The summed E-state index contributed by atoms with van der Waals surface area (Å²) in [6.45, 7) is 6.47. The third-order valence-electron chi connectivity index (χ3n) is 0.835. The Morgan fingerprint density at radius 2 is 2.22 bits per heavy atom. The van der Waals surface area contributed by atoms with E-state index in [2.05, 4.69) is 6.58 Å². The minimum atomic E-state index is -0.898. The maximum absolute atomic E-state index is 10.5. The van der Waals surface area contributed by atoms with E-state index in [4.69, 9.17) is 5.11 Å². The fourth-order valence-electron chi connectivity index (χ4n) is 0.499. The summed E-state index contributed by atoms with van der Waals surface area (Å²) in [5, 5.41) is 9.05. The van der Waals surface area contributed by atoms with Gasteiger partial charge in [0.05, 0.1) is 5.60 Å². The van der Waals surface area contributed by atoms with Crippen LogP contribution in [0.5, 0.6) is 0 Å². The van der Waals surface area contributed by atoms with Gasteiger partial charge in [0.2, 0.25) is 0 Å². The zero-order valence-electron chi connectivity index (χ0n) is 5.85. The van der Waals surface area contributed by atoms with Crippen LogP contribution in [0.15, 0.2) is 12.7 Å². The quantitative estimate of drug-likeness (QED) is 0.573. The molecule has 0 fully saturated rings. The molecule has 0 aliphatic heterocycles. The van der Waals surface area contributed by atoms with Crippen LogP contribution in [0.2, 0.25) is 0 Å². The van der Waals surface area contributed by atoms with Crippen molar-refractivity contribution in [2.75, 3.05) is 0 Å². The third kappa shape index (κ3) is 5.24. The molecule has 0 rings (SSSR count). The van der Waals surface area contributed by atoms with E-state index in [0.717, 1.165) is 0 Å². The van der Waals surface area contributed by atoms with E-state index in [0.29, 0.717) is 0 Å². The van der Waals surface area contributed by atoms with Gasteiger partial charge in [0.25, 0.3) is 0 Å². The van der Waals surface area contributed by atoms with Crippen LogP contribution in [0, 0.1) is 0 Å². The van der Waals surface area contributed by atoms with Crippen molar-refractivity contribution in [1.29, 1.82) is 0 Å². The van der Waals surface area contributed by atoms with Gasteiger partial charge < -0.3 is 5.11 Å². The average molecular weight is 128 g/mol. The number of carbonyl (C=O) groups is 1. The second-order valence-electron chi connectivity index (χ2n) is 2.66. The molecule has 0 aromatic heterocycles. The van der Waals surface area contributed by atoms with Crippen molar-refractivity contribution in [2.45, 2.75) is 25.9 Å². The second-order valence-corrected chi connectivity index (χ2v) is 2.66. The molecule has 0 bridgehead atoms. The van der Waals surface area contributed by atoms with Crippen LogP contribution in [0.3, 0.4) is 0 Å². The minimum Gasteiger partial charge on any atom is -0.390 e. The van der Waals surface area contributed by atoms with E-state index in [-0.39, 0.29) is 12.2 Å². The second kappa shape index (κ2) is 2.78. The topological polar surface area (TPSA) is 37.3 Å². The van der Waals surface area contributed by atoms with Crippen LogP contribution >= 0.6 is 0 Å². The molecule has 0 aromatic carbocycles. The highest BCUT2D eigenvalue weighted by molar-refractivity contribution is 5.89. The number of ketones is 1. The molecule has 2 heteroatoms. The normalized spacial score (nSPS) is 11.0. The van der Waals surface area contributed by atoms with Crippen molar-refractivity contribution < 1.29 is 9.90 Å². The van der Waals surface area contributed by atoms with Crippen LogP contribution in [-0.2, 0) is 4.79 Å². The molecular weight excluding hydrogens is 116 g/mol. The number of rotatable bonds is 3. The molecule has 0 aliphatic rings. The fourth-order valence-corrected chi connectivity index (χ4v) is 0.499. The molecule has 0 saturated carbocycles. The Balaban J connectivity index is 3.74. The molecule has 0 atom stereocenters. The highest BCUT2D eigenvalue weighted by atomic mass is 16.3. The van der Waals surface area contributed by atoms with Gasteiger partial charge >= 0.3 is 0 Å². The molecule has 0 aliphatic carbocycles. The first-order chi connectivity index (χ1) is 3.95. The van der Waals surface area contributed by atoms with Crippen molar-refractivity contribution in [3.8, 4) is 0 Å². The molecule has 0 aromatic rings. The predicted molar refractivity (Wildman–Crippen MR) is 36.1 cm³/mol. The highest BCUT2D eigenvalue weighted by Crippen LogP contribution is 2.07. The molecule has 0 unspecified atom stereocenters. The van der Waals surface area contributed by atoms with E-state index in [9.17, 15) is 4.79 Å². The molecule has 0 radical (unpaired) electrons. The summed E-state index contributed by atoms with van der Waals surface area (Å²) in [6.07, 6.45) is 1.37. The molecular formula is C7H12O2. The molecule has 0 saturated heterocycles. The lowest BCUT2D eigenvalue weighted by Gasteiger charge is -2.13. The Hall–Kier alpha value is -0.630. The third-order valence-corrected chi connectivity index (χ3v) is 0.835. The van der Waals surface area contributed by atoms with Gasteiger partial charge in [0.15, 0.2) is 5.78 Å². The lowest BCUT2D eigenvalue weighted by molar-refractivity contribution is -0.118. The molecule has 1 N–H and O–H groups in total. The molecule has 2 nitrogen and oxygen atoms in total. The zero-order chi connectivity index (χ0) is 7.49. The number of aliphatic hydroxyl groups is 1. The number of hydrogen-bond acceptors (Lipinski definition) is 2. The molecule has 0 heterocycles. The maximum Gasteiger partial charge on any atom is 0.157 e. The Bertz CT molecular complexity index is 119. The van der Waals surface area contributed by atoms with Gasteiger partial charge in [-0.2, -0.15) is 0 Å². The van der Waals surface area contributed by atoms with Crippen molar-refractivity contribution in [3.63, 3.8) is 0 Å².